The summed E-state index contributed by atoms with van der Waals surface area (Å²) in [5.74, 6) is 0. The predicted molar refractivity (Wildman–Crippen MR) is 80.4 cm³/mol. The topological polar surface area (TPSA) is 29.9 Å². The van der Waals surface area contributed by atoms with Gasteiger partial charge in [0.2, 0.25) is 0 Å². The number of anilines is 1. The zero-order valence-corrected chi connectivity index (χ0v) is 12.1. The van der Waals surface area contributed by atoms with Crippen molar-refractivity contribution in [3.63, 3.8) is 0 Å². The maximum Gasteiger partial charge on any atom is 0.0853 e. The molecule has 0 saturated carbocycles. The van der Waals surface area contributed by atoms with Gasteiger partial charge in [-0.15, -0.1) is 0 Å². The fourth-order valence-electron chi connectivity index (χ4n) is 2.28. The molecule has 2 rings (SSSR count). The maximum absolute atomic E-state index is 4.45. The lowest BCUT2D eigenvalue weighted by molar-refractivity contribution is 0.705. The normalized spacial score (nSPS) is 12.4. The van der Waals surface area contributed by atoms with Crippen LogP contribution in [0.5, 0.6) is 0 Å². The fraction of sp³-hybridized carbons (Fsp3) is 0.438. The highest BCUT2D eigenvalue weighted by molar-refractivity contribution is 5.47. The summed E-state index contributed by atoms with van der Waals surface area (Å²) in [6, 6.07) is 11.1. The third kappa shape index (κ3) is 3.85. The number of hydrogen-bond acceptors (Lipinski definition) is 2. The molecule has 3 nitrogen and oxygen atoms in total. The number of rotatable bonds is 6. The molecule has 1 aromatic carbocycles. The number of aromatic nitrogens is 2. The third-order valence-corrected chi connectivity index (χ3v) is 3.35. The summed E-state index contributed by atoms with van der Waals surface area (Å²) >= 11 is 0. The molecule has 0 aliphatic rings. The van der Waals surface area contributed by atoms with Gasteiger partial charge in [0.05, 0.1) is 11.4 Å². The first-order valence-electron chi connectivity index (χ1n) is 7.02. The molecule has 2 aromatic rings. The Kier molecular flexibility index (Phi) is 4.61. The number of nitrogens with zero attached hydrogens (tertiary/aromatic N) is 2. The van der Waals surface area contributed by atoms with Gasteiger partial charge < -0.3 is 5.32 Å². The van der Waals surface area contributed by atoms with Crippen molar-refractivity contribution < 1.29 is 0 Å². The molecule has 0 aliphatic heterocycles. The predicted octanol–water partition coefficient (Wildman–Crippen LogP) is 3.42. The van der Waals surface area contributed by atoms with Gasteiger partial charge >= 0.3 is 0 Å². The molecule has 1 N–H and O–H groups in total. The molecule has 3 heteroatoms. The molecule has 102 valence electrons. The van der Waals surface area contributed by atoms with Crippen LogP contribution < -0.4 is 5.32 Å². The average Bonchev–Trinajstić information content (AvgIpc) is 2.77. The van der Waals surface area contributed by atoms with E-state index >= 15 is 0 Å². The van der Waals surface area contributed by atoms with E-state index < -0.39 is 0 Å². The molecule has 1 atom stereocenters. The van der Waals surface area contributed by atoms with E-state index in [1.54, 1.807) is 0 Å². The van der Waals surface area contributed by atoms with Crippen LogP contribution in [-0.4, -0.2) is 15.8 Å². The molecule has 1 unspecified atom stereocenters. The van der Waals surface area contributed by atoms with Crippen molar-refractivity contribution in [2.45, 2.75) is 39.2 Å². The van der Waals surface area contributed by atoms with Crippen LogP contribution >= 0.6 is 0 Å². The summed E-state index contributed by atoms with van der Waals surface area (Å²) in [4.78, 5) is 0. The van der Waals surface area contributed by atoms with E-state index in [9.17, 15) is 0 Å². The standard InChI is InChI=1S/C16H23N3/c1-4-15-16(12-19(3)18-15)17-13(2)10-11-14-8-6-5-7-9-14/h5-9,12-13,17H,4,10-11H2,1-3H3. The highest BCUT2D eigenvalue weighted by atomic mass is 15.3. The van der Waals surface area contributed by atoms with Gasteiger partial charge in [-0.2, -0.15) is 5.10 Å². The van der Waals surface area contributed by atoms with Crippen LogP contribution in [0.25, 0.3) is 0 Å². The van der Waals surface area contributed by atoms with Crippen molar-refractivity contribution in [3.8, 4) is 0 Å². The zero-order valence-electron chi connectivity index (χ0n) is 12.1. The Morgan fingerprint density at radius 2 is 2.00 bits per heavy atom. The number of benzene rings is 1. The minimum atomic E-state index is 0.453. The molecule has 19 heavy (non-hydrogen) atoms. The zero-order chi connectivity index (χ0) is 13.7. The lowest BCUT2D eigenvalue weighted by atomic mass is 10.1. The summed E-state index contributed by atoms with van der Waals surface area (Å²) in [6.45, 7) is 4.37. The molecular weight excluding hydrogens is 234 g/mol. The monoisotopic (exact) mass is 257 g/mol. The van der Waals surface area contributed by atoms with Crippen molar-refractivity contribution in [2.75, 3.05) is 5.32 Å². The van der Waals surface area contributed by atoms with Crippen LogP contribution in [0.2, 0.25) is 0 Å². The smallest absolute Gasteiger partial charge is 0.0853 e. The Bertz CT molecular complexity index is 502. The Labute approximate surface area is 115 Å². The van der Waals surface area contributed by atoms with E-state index in [4.69, 9.17) is 0 Å². The van der Waals surface area contributed by atoms with Gasteiger partial charge in [0.1, 0.15) is 0 Å². The lowest BCUT2D eigenvalue weighted by Gasteiger charge is -2.14. The quantitative estimate of drug-likeness (QED) is 0.859. The molecular formula is C16H23N3. The Hall–Kier alpha value is -1.77. The molecule has 0 saturated heterocycles. The molecule has 0 radical (unpaired) electrons. The summed E-state index contributed by atoms with van der Waals surface area (Å²) in [6.07, 6.45) is 5.27. The highest BCUT2D eigenvalue weighted by Crippen LogP contribution is 2.16. The van der Waals surface area contributed by atoms with Crippen LogP contribution in [-0.2, 0) is 19.9 Å². The first-order chi connectivity index (χ1) is 9.19. The summed E-state index contributed by atoms with van der Waals surface area (Å²) < 4.78 is 1.88. The van der Waals surface area contributed by atoms with Crippen LogP contribution in [0.4, 0.5) is 5.69 Å². The first kappa shape index (κ1) is 13.7. The van der Waals surface area contributed by atoms with E-state index in [2.05, 4.69) is 60.8 Å². The van der Waals surface area contributed by atoms with Gasteiger partial charge in [-0.25, -0.2) is 0 Å². The van der Waals surface area contributed by atoms with Gasteiger partial charge in [-0.05, 0) is 31.7 Å². The molecule has 0 fully saturated rings. The van der Waals surface area contributed by atoms with E-state index in [1.165, 1.54) is 11.3 Å². The second-order valence-corrected chi connectivity index (χ2v) is 5.09. The third-order valence-electron chi connectivity index (χ3n) is 3.35. The summed E-state index contributed by atoms with van der Waals surface area (Å²) in [5, 5.41) is 8.02. The van der Waals surface area contributed by atoms with E-state index in [0.29, 0.717) is 6.04 Å². The lowest BCUT2D eigenvalue weighted by Crippen LogP contribution is -2.16. The number of aryl methyl sites for hydroxylation is 3. The Morgan fingerprint density at radius 1 is 1.26 bits per heavy atom. The van der Waals surface area contributed by atoms with Gasteiger partial charge in [0.25, 0.3) is 0 Å². The van der Waals surface area contributed by atoms with Gasteiger partial charge in [-0.3, -0.25) is 4.68 Å². The minimum absolute atomic E-state index is 0.453. The van der Waals surface area contributed by atoms with Gasteiger partial charge in [-0.1, -0.05) is 37.3 Å². The van der Waals surface area contributed by atoms with E-state index in [-0.39, 0.29) is 0 Å². The SMILES string of the molecule is CCc1nn(C)cc1NC(C)CCc1ccccc1. The molecule has 0 aliphatic carbocycles. The van der Waals surface area contributed by atoms with Gasteiger partial charge in [0, 0.05) is 19.3 Å². The fourth-order valence-corrected chi connectivity index (χ4v) is 2.28. The maximum atomic E-state index is 4.45. The summed E-state index contributed by atoms with van der Waals surface area (Å²) in [7, 11) is 1.97. The van der Waals surface area contributed by atoms with Crippen LogP contribution in [0, 0.1) is 0 Å². The van der Waals surface area contributed by atoms with Crippen molar-refractivity contribution in [3.05, 3.63) is 47.8 Å². The second-order valence-electron chi connectivity index (χ2n) is 5.09. The van der Waals surface area contributed by atoms with Crippen molar-refractivity contribution in [1.82, 2.24) is 9.78 Å². The van der Waals surface area contributed by atoms with Gasteiger partial charge in [0.15, 0.2) is 0 Å². The number of hydrogen-bond donors (Lipinski definition) is 1. The average molecular weight is 257 g/mol. The first-order valence-corrected chi connectivity index (χ1v) is 7.02. The van der Waals surface area contributed by atoms with Crippen molar-refractivity contribution in [1.29, 1.82) is 0 Å². The Balaban J connectivity index is 1.88. The van der Waals surface area contributed by atoms with Crippen LogP contribution in [0.15, 0.2) is 36.5 Å². The van der Waals surface area contributed by atoms with Crippen LogP contribution in [0.1, 0.15) is 31.5 Å². The Morgan fingerprint density at radius 3 is 2.68 bits per heavy atom. The molecule has 0 spiro atoms. The van der Waals surface area contributed by atoms with Crippen molar-refractivity contribution >= 4 is 5.69 Å². The number of nitrogens with one attached hydrogen (secondary N) is 1. The minimum Gasteiger partial charge on any atom is -0.380 e. The van der Waals surface area contributed by atoms with Crippen LogP contribution in [0.3, 0.4) is 0 Å². The molecule has 0 amide bonds. The molecule has 0 bridgehead atoms. The van der Waals surface area contributed by atoms with E-state index in [1.807, 2.05) is 11.7 Å². The molecule has 1 aromatic heterocycles. The second kappa shape index (κ2) is 6.41. The molecule has 1 heterocycles. The summed E-state index contributed by atoms with van der Waals surface area (Å²) in [5.41, 5.74) is 3.72. The van der Waals surface area contributed by atoms with Crippen molar-refractivity contribution in [2.24, 2.45) is 7.05 Å². The van der Waals surface area contributed by atoms with E-state index in [0.717, 1.165) is 25.0 Å². The highest BCUT2D eigenvalue weighted by Gasteiger charge is 2.09. The largest absolute Gasteiger partial charge is 0.380 e.